The predicted octanol–water partition coefficient (Wildman–Crippen LogP) is -0.835. The standard InChI is InChI=1S/C7H11N3O3S/c11-6-2-4-10(5-6)14(12,13)7-1-3-8-9-7/h1,3,6,11H,2,4-5H2,(H,8,9). The van der Waals surface area contributed by atoms with Crippen LogP contribution in [0.5, 0.6) is 0 Å². The number of aliphatic hydroxyl groups is 1. The first-order chi connectivity index (χ1) is 6.60. The Kier molecular flexibility index (Phi) is 2.30. The van der Waals surface area contributed by atoms with E-state index in [0.717, 1.165) is 0 Å². The van der Waals surface area contributed by atoms with Crippen LogP contribution >= 0.6 is 0 Å². The maximum absolute atomic E-state index is 11.8. The van der Waals surface area contributed by atoms with E-state index in [2.05, 4.69) is 10.2 Å². The molecule has 1 aliphatic rings. The molecule has 1 saturated heterocycles. The Bertz CT molecular complexity index is 400. The summed E-state index contributed by atoms with van der Waals surface area (Å²) in [7, 11) is -3.47. The molecule has 0 aliphatic carbocycles. The molecule has 1 fully saturated rings. The lowest BCUT2D eigenvalue weighted by atomic mass is 10.3. The van der Waals surface area contributed by atoms with Crippen LogP contribution in [-0.2, 0) is 10.0 Å². The molecule has 0 saturated carbocycles. The molecule has 1 atom stereocenters. The van der Waals surface area contributed by atoms with Crippen molar-refractivity contribution in [2.75, 3.05) is 13.1 Å². The van der Waals surface area contributed by atoms with Gasteiger partial charge in [0.15, 0.2) is 5.03 Å². The minimum atomic E-state index is -3.47. The Labute approximate surface area is 81.6 Å². The zero-order chi connectivity index (χ0) is 10.2. The molecule has 1 aromatic rings. The average molecular weight is 217 g/mol. The molecule has 0 amide bonds. The molecular formula is C7H11N3O3S. The Morgan fingerprint density at radius 1 is 1.64 bits per heavy atom. The summed E-state index contributed by atoms with van der Waals surface area (Å²) in [5.74, 6) is 0. The molecule has 2 heterocycles. The van der Waals surface area contributed by atoms with Crippen LogP contribution in [-0.4, -0.2) is 47.2 Å². The molecule has 1 aromatic heterocycles. The van der Waals surface area contributed by atoms with Gasteiger partial charge in [-0.3, -0.25) is 5.10 Å². The molecule has 78 valence electrons. The predicted molar refractivity (Wildman–Crippen MR) is 48.0 cm³/mol. The second-order valence-corrected chi connectivity index (χ2v) is 5.13. The summed E-state index contributed by atoms with van der Waals surface area (Å²) in [6.45, 7) is 0.532. The highest BCUT2D eigenvalue weighted by atomic mass is 32.2. The number of nitrogens with one attached hydrogen (secondary N) is 1. The fourth-order valence-corrected chi connectivity index (χ4v) is 2.85. The fraction of sp³-hybridized carbons (Fsp3) is 0.571. The molecule has 0 radical (unpaired) electrons. The van der Waals surface area contributed by atoms with Crippen molar-refractivity contribution in [3.05, 3.63) is 12.3 Å². The molecule has 2 rings (SSSR count). The third kappa shape index (κ3) is 1.54. The monoisotopic (exact) mass is 217 g/mol. The number of sulfonamides is 1. The largest absolute Gasteiger partial charge is 0.392 e. The fourth-order valence-electron chi connectivity index (χ4n) is 1.45. The summed E-state index contributed by atoms with van der Waals surface area (Å²) in [5, 5.41) is 15.3. The van der Waals surface area contributed by atoms with Gasteiger partial charge < -0.3 is 5.11 Å². The van der Waals surface area contributed by atoms with E-state index < -0.39 is 16.1 Å². The van der Waals surface area contributed by atoms with E-state index in [-0.39, 0.29) is 11.6 Å². The lowest BCUT2D eigenvalue weighted by Gasteiger charge is -2.13. The Morgan fingerprint density at radius 3 is 2.93 bits per heavy atom. The van der Waals surface area contributed by atoms with Gasteiger partial charge in [0.25, 0.3) is 10.0 Å². The number of aliphatic hydroxyl groups excluding tert-OH is 1. The Morgan fingerprint density at radius 2 is 2.43 bits per heavy atom. The Hall–Kier alpha value is -0.920. The first kappa shape index (κ1) is 9.63. The second kappa shape index (κ2) is 3.34. The normalized spacial score (nSPS) is 24.2. The number of nitrogens with zero attached hydrogens (tertiary/aromatic N) is 2. The highest BCUT2D eigenvalue weighted by molar-refractivity contribution is 7.89. The quantitative estimate of drug-likeness (QED) is 0.676. The number of aromatic nitrogens is 2. The van der Waals surface area contributed by atoms with Crippen LogP contribution < -0.4 is 0 Å². The Balaban J connectivity index is 2.26. The van der Waals surface area contributed by atoms with Crippen molar-refractivity contribution in [1.29, 1.82) is 0 Å². The highest BCUT2D eigenvalue weighted by Crippen LogP contribution is 2.18. The van der Waals surface area contributed by atoms with Gasteiger partial charge in [0, 0.05) is 13.1 Å². The van der Waals surface area contributed by atoms with Gasteiger partial charge in [0.05, 0.1) is 12.3 Å². The van der Waals surface area contributed by atoms with Gasteiger partial charge in [-0.05, 0) is 12.5 Å². The number of hydrogen-bond donors (Lipinski definition) is 2. The minimum absolute atomic E-state index is 0.0756. The number of β-amino-alcohol motifs (C(OH)–C–C–N with tert-alkyl or cyclic N) is 1. The third-order valence-corrected chi connectivity index (χ3v) is 4.01. The summed E-state index contributed by atoms with van der Waals surface area (Å²) in [6, 6.07) is 1.40. The van der Waals surface area contributed by atoms with Crippen LogP contribution in [0.1, 0.15) is 6.42 Å². The molecule has 2 N–H and O–H groups in total. The van der Waals surface area contributed by atoms with E-state index in [1.165, 1.54) is 16.6 Å². The van der Waals surface area contributed by atoms with Crippen molar-refractivity contribution in [3.63, 3.8) is 0 Å². The smallest absolute Gasteiger partial charge is 0.260 e. The third-order valence-electron chi connectivity index (χ3n) is 2.22. The minimum Gasteiger partial charge on any atom is -0.392 e. The number of hydrogen-bond acceptors (Lipinski definition) is 4. The van der Waals surface area contributed by atoms with Gasteiger partial charge in [0.1, 0.15) is 0 Å². The maximum atomic E-state index is 11.8. The summed E-state index contributed by atoms with van der Waals surface area (Å²) in [5.41, 5.74) is 0. The van der Waals surface area contributed by atoms with Gasteiger partial charge >= 0.3 is 0 Å². The zero-order valence-corrected chi connectivity index (χ0v) is 8.24. The number of aromatic amines is 1. The lowest BCUT2D eigenvalue weighted by Crippen LogP contribution is -2.29. The molecule has 1 unspecified atom stereocenters. The van der Waals surface area contributed by atoms with Gasteiger partial charge in [-0.25, -0.2) is 8.42 Å². The van der Waals surface area contributed by atoms with Crippen molar-refractivity contribution in [1.82, 2.24) is 14.5 Å². The topological polar surface area (TPSA) is 86.3 Å². The SMILES string of the molecule is O=S(=O)(c1ccn[nH]1)N1CCC(O)C1. The van der Waals surface area contributed by atoms with Crippen LogP contribution in [0.25, 0.3) is 0 Å². The summed E-state index contributed by atoms with van der Waals surface area (Å²) >= 11 is 0. The van der Waals surface area contributed by atoms with E-state index >= 15 is 0 Å². The van der Waals surface area contributed by atoms with Crippen LogP contribution in [0.3, 0.4) is 0 Å². The zero-order valence-electron chi connectivity index (χ0n) is 7.42. The first-order valence-electron chi connectivity index (χ1n) is 4.28. The molecule has 6 nitrogen and oxygen atoms in total. The van der Waals surface area contributed by atoms with E-state index in [9.17, 15) is 13.5 Å². The molecule has 0 aromatic carbocycles. The molecule has 1 aliphatic heterocycles. The highest BCUT2D eigenvalue weighted by Gasteiger charge is 2.32. The molecule has 7 heteroatoms. The summed E-state index contributed by atoms with van der Waals surface area (Å²) < 4.78 is 24.8. The maximum Gasteiger partial charge on any atom is 0.260 e. The average Bonchev–Trinajstić information content (AvgIpc) is 2.72. The van der Waals surface area contributed by atoms with Crippen molar-refractivity contribution in [2.45, 2.75) is 17.6 Å². The number of rotatable bonds is 2. The van der Waals surface area contributed by atoms with E-state index in [4.69, 9.17) is 0 Å². The second-order valence-electron chi connectivity index (χ2n) is 3.23. The van der Waals surface area contributed by atoms with E-state index in [1.54, 1.807) is 0 Å². The molecule has 0 bridgehead atoms. The van der Waals surface area contributed by atoms with Crippen molar-refractivity contribution < 1.29 is 13.5 Å². The van der Waals surface area contributed by atoms with E-state index in [0.29, 0.717) is 13.0 Å². The van der Waals surface area contributed by atoms with Crippen molar-refractivity contribution in [3.8, 4) is 0 Å². The van der Waals surface area contributed by atoms with Crippen LogP contribution in [0.15, 0.2) is 17.3 Å². The first-order valence-corrected chi connectivity index (χ1v) is 5.72. The van der Waals surface area contributed by atoms with Crippen LogP contribution in [0, 0.1) is 0 Å². The van der Waals surface area contributed by atoms with Gasteiger partial charge in [-0.15, -0.1) is 0 Å². The summed E-state index contributed by atoms with van der Waals surface area (Å²) in [6.07, 6.45) is 1.33. The van der Waals surface area contributed by atoms with Crippen molar-refractivity contribution >= 4 is 10.0 Å². The molecule has 0 spiro atoms. The van der Waals surface area contributed by atoms with Crippen molar-refractivity contribution in [2.24, 2.45) is 0 Å². The lowest BCUT2D eigenvalue weighted by molar-refractivity contribution is 0.189. The van der Waals surface area contributed by atoms with Gasteiger partial charge in [0.2, 0.25) is 0 Å². The van der Waals surface area contributed by atoms with Gasteiger partial charge in [-0.1, -0.05) is 0 Å². The van der Waals surface area contributed by atoms with Gasteiger partial charge in [-0.2, -0.15) is 9.40 Å². The molecule has 14 heavy (non-hydrogen) atoms. The van der Waals surface area contributed by atoms with Crippen LogP contribution in [0.4, 0.5) is 0 Å². The van der Waals surface area contributed by atoms with E-state index in [1.807, 2.05) is 0 Å². The summed E-state index contributed by atoms with van der Waals surface area (Å²) in [4.78, 5) is 0. The van der Waals surface area contributed by atoms with Crippen LogP contribution in [0.2, 0.25) is 0 Å². The molecular weight excluding hydrogens is 206 g/mol. The number of H-pyrrole nitrogens is 1.